The predicted molar refractivity (Wildman–Crippen MR) is 78.2 cm³/mol. The highest BCUT2D eigenvalue weighted by atomic mass is 79.9. The Morgan fingerprint density at radius 2 is 1.81 bits per heavy atom. The van der Waals surface area contributed by atoms with Gasteiger partial charge in [-0.05, 0) is 53.1 Å². The number of hydrogen-bond acceptors (Lipinski definition) is 1. The lowest BCUT2D eigenvalue weighted by atomic mass is 10.0. The van der Waals surface area contributed by atoms with Crippen LogP contribution < -0.4 is 0 Å². The second-order valence-corrected chi connectivity index (χ2v) is 5.13. The third-order valence-corrected chi connectivity index (χ3v) is 3.38. The Morgan fingerprint density at radius 3 is 2.62 bits per heavy atom. The molecular weight excluding hydrogens is 280 g/mol. The molecule has 0 aromatic heterocycles. The average molecular weight is 293 g/mol. The molecule has 16 heavy (non-hydrogen) atoms. The molecule has 0 unspecified atom stereocenters. The summed E-state index contributed by atoms with van der Waals surface area (Å²) in [6.45, 7) is 0. The molecule has 0 heterocycles. The molecule has 0 nitrogen and oxygen atoms in total. The molecule has 2 aromatic rings. The van der Waals surface area contributed by atoms with E-state index in [-0.39, 0.29) is 0 Å². The summed E-state index contributed by atoms with van der Waals surface area (Å²) in [7, 11) is 0. The van der Waals surface area contributed by atoms with Gasteiger partial charge in [-0.1, -0.05) is 52.4 Å². The summed E-state index contributed by atoms with van der Waals surface area (Å²) in [4.78, 5) is 0. The smallest absolute Gasteiger partial charge is 0.0181 e. The lowest BCUT2D eigenvalue weighted by molar-refractivity contribution is 0.880. The van der Waals surface area contributed by atoms with Crippen LogP contribution in [0.25, 0.3) is 10.8 Å². The van der Waals surface area contributed by atoms with E-state index in [1.807, 2.05) is 5.37 Å². The second kappa shape index (κ2) is 5.55. The molecule has 0 amide bonds. The molecule has 0 saturated carbocycles. The van der Waals surface area contributed by atoms with Gasteiger partial charge in [0.05, 0.1) is 0 Å². The van der Waals surface area contributed by atoms with Crippen LogP contribution in [0.2, 0.25) is 0 Å². The topological polar surface area (TPSA) is 0 Å². The average Bonchev–Trinajstić information content (AvgIpc) is 2.29. The van der Waals surface area contributed by atoms with Gasteiger partial charge in [-0.25, -0.2) is 0 Å². The molecule has 0 spiro atoms. The van der Waals surface area contributed by atoms with Gasteiger partial charge in [-0.15, -0.1) is 0 Å². The fourth-order valence-electron chi connectivity index (χ4n) is 1.81. The third-order valence-electron chi connectivity index (χ3n) is 2.65. The standard InChI is InChI=1S/C14H13BrS/c15-14-7-6-12-9-11(3-1-2-8-16)4-5-13(12)10-14/h4-10H,1-3H2. The number of thiocarbonyl (C=S) groups is 1. The number of unbranched alkanes of at least 4 members (excludes halogenated alkanes) is 1. The molecule has 82 valence electrons. The molecule has 0 aliphatic rings. The maximum Gasteiger partial charge on any atom is 0.0181 e. The first kappa shape index (κ1) is 11.7. The molecule has 0 atom stereocenters. The summed E-state index contributed by atoms with van der Waals surface area (Å²) < 4.78 is 1.13. The van der Waals surface area contributed by atoms with Crippen molar-refractivity contribution in [2.75, 3.05) is 0 Å². The number of aryl methyl sites for hydroxylation is 1. The monoisotopic (exact) mass is 292 g/mol. The molecule has 0 fully saturated rings. The molecule has 0 radical (unpaired) electrons. The van der Waals surface area contributed by atoms with E-state index < -0.39 is 0 Å². The van der Waals surface area contributed by atoms with Crippen molar-refractivity contribution in [2.24, 2.45) is 0 Å². The van der Waals surface area contributed by atoms with Crippen molar-refractivity contribution in [1.29, 1.82) is 0 Å². The Morgan fingerprint density at radius 1 is 1.06 bits per heavy atom. The number of benzene rings is 2. The van der Waals surface area contributed by atoms with Crippen molar-refractivity contribution in [3.8, 4) is 0 Å². The predicted octanol–water partition coefficient (Wildman–Crippen LogP) is 4.92. The lowest BCUT2D eigenvalue weighted by Gasteiger charge is -2.03. The normalized spacial score (nSPS) is 10.6. The Balaban J connectivity index is 2.23. The van der Waals surface area contributed by atoms with E-state index >= 15 is 0 Å². The molecule has 0 saturated heterocycles. The van der Waals surface area contributed by atoms with Crippen molar-refractivity contribution in [1.82, 2.24) is 0 Å². The summed E-state index contributed by atoms with van der Waals surface area (Å²) in [6, 6.07) is 13.1. The molecule has 2 rings (SSSR count). The van der Waals surface area contributed by atoms with Crippen LogP contribution in [-0.2, 0) is 6.42 Å². The summed E-state index contributed by atoms with van der Waals surface area (Å²) in [5, 5.41) is 4.41. The van der Waals surface area contributed by atoms with Crippen molar-refractivity contribution >= 4 is 44.3 Å². The molecule has 0 aliphatic carbocycles. The minimum Gasteiger partial charge on any atom is -0.0935 e. The van der Waals surface area contributed by atoms with Gasteiger partial charge in [0.2, 0.25) is 0 Å². The van der Waals surface area contributed by atoms with Gasteiger partial charge < -0.3 is 0 Å². The van der Waals surface area contributed by atoms with Gasteiger partial charge in [-0.3, -0.25) is 0 Å². The van der Waals surface area contributed by atoms with Crippen LogP contribution in [0.5, 0.6) is 0 Å². The van der Waals surface area contributed by atoms with Gasteiger partial charge in [0.15, 0.2) is 0 Å². The molecule has 2 aromatic carbocycles. The summed E-state index contributed by atoms with van der Waals surface area (Å²) >= 11 is 8.32. The van der Waals surface area contributed by atoms with Crippen LogP contribution in [0.3, 0.4) is 0 Å². The van der Waals surface area contributed by atoms with E-state index in [4.69, 9.17) is 12.2 Å². The summed E-state index contributed by atoms with van der Waals surface area (Å²) in [6.07, 6.45) is 3.28. The second-order valence-electron chi connectivity index (χ2n) is 3.88. The van der Waals surface area contributed by atoms with E-state index in [0.717, 1.165) is 23.7 Å². The molecular formula is C14H13BrS. The Labute approximate surface area is 110 Å². The molecule has 2 heteroatoms. The van der Waals surface area contributed by atoms with Crippen molar-refractivity contribution in [3.63, 3.8) is 0 Å². The molecule has 0 bridgehead atoms. The first-order valence-electron chi connectivity index (χ1n) is 5.41. The molecule has 0 aliphatic heterocycles. The summed E-state index contributed by atoms with van der Waals surface area (Å²) in [5.41, 5.74) is 1.40. The van der Waals surface area contributed by atoms with Crippen LogP contribution in [0.4, 0.5) is 0 Å². The van der Waals surface area contributed by atoms with Gasteiger partial charge in [-0.2, -0.15) is 0 Å². The van der Waals surface area contributed by atoms with E-state index in [0.29, 0.717) is 0 Å². The zero-order valence-electron chi connectivity index (χ0n) is 8.95. The van der Waals surface area contributed by atoms with Crippen molar-refractivity contribution in [3.05, 3.63) is 46.4 Å². The summed E-state index contributed by atoms with van der Waals surface area (Å²) in [5.74, 6) is 0. The van der Waals surface area contributed by atoms with E-state index in [1.54, 1.807) is 0 Å². The Hall–Kier alpha value is -0.730. The van der Waals surface area contributed by atoms with Gasteiger partial charge in [0, 0.05) is 4.47 Å². The Kier molecular flexibility index (Phi) is 4.08. The number of hydrogen-bond donors (Lipinski definition) is 0. The van der Waals surface area contributed by atoms with Crippen LogP contribution in [0, 0.1) is 0 Å². The van der Waals surface area contributed by atoms with Crippen LogP contribution >= 0.6 is 28.1 Å². The SMILES string of the molecule is S=CCCCc1ccc2cc(Br)ccc2c1. The maximum absolute atomic E-state index is 4.83. The van der Waals surface area contributed by atoms with E-state index in [2.05, 4.69) is 52.3 Å². The zero-order valence-corrected chi connectivity index (χ0v) is 11.4. The number of fused-ring (bicyclic) bond motifs is 1. The largest absolute Gasteiger partial charge is 0.0935 e. The minimum atomic E-state index is 1.02. The first-order chi connectivity index (χ1) is 7.79. The fourth-order valence-corrected chi connectivity index (χ4v) is 2.36. The highest BCUT2D eigenvalue weighted by molar-refractivity contribution is 9.10. The van der Waals surface area contributed by atoms with Crippen LogP contribution in [0.15, 0.2) is 40.9 Å². The van der Waals surface area contributed by atoms with Gasteiger partial charge in [0.1, 0.15) is 0 Å². The highest BCUT2D eigenvalue weighted by Gasteiger charge is 1.97. The quantitative estimate of drug-likeness (QED) is 0.569. The molecule has 0 N–H and O–H groups in total. The van der Waals surface area contributed by atoms with Gasteiger partial charge >= 0.3 is 0 Å². The van der Waals surface area contributed by atoms with Gasteiger partial charge in [0.25, 0.3) is 0 Å². The number of rotatable bonds is 4. The van der Waals surface area contributed by atoms with Crippen LogP contribution in [0.1, 0.15) is 18.4 Å². The third kappa shape index (κ3) is 2.89. The van der Waals surface area contributed by atoms with Crippen molar-refractivity contribution in [2.45, 2.75) is 19.3 Å². The first-order valence-corrected chi connectivity index (χ1v) is 6.68. The van der Waals surface area contributed by atoms with Crippen LogP contribution in [-0.4, -0.2) is 5.37 Å². The highest BCUT2D eigenvalue weighted by Crippen LogP contribution is 2.21. The number of halogens is 1. The maximum atomic E-state index is 4.83. The lowest BCUT2D eigenvalue weighted by Crippen LogP contribution is -1.86. The van der Waals surface area contributed by atoms with E-state index in [1.165, 1.54) is 16.3 Å². The Bertz CT molecular complexity index is 505. The van der Waals surface area contributed by atoms with E-state index in [9.17, 15) is 0 Å². The minimum absolute atomic E-state index is 1.02. The van der Waals surface area contributed by atoms with Crippen molar-refractivity contribution < 1.29 is 0 Å². The zero-order chi connectivity index (χ0) is 11.4. The fraction of sp³-hybridized carbons (Fsp3) is 0.214.